The van der Waals surface area contributed by atoms with E-state index in [1.165, 1.54) is 6.42 Å². The Bertz CT molecular complexity index is 284. The van der Waals surface area contributed by atoms with Crippen molar-refractivity contribution >= 4 is 0 Å². The molecule has 1 aliphatic heterocycles. The Balaban J connectivity index is 1.89. The van der Waals surface area contributed by atoms with Crippen LogP contribution < -0.4 is 10.1 Å². The van der Waals surface area contributed by atoms with Crippen molar-refractivity contribution in [2.75, 3.05) is 13.2 Å². The minimum absolute atomic E-state index is 0.541. The predicted molar refractivity (Wildman–Crippen MR) is 50.9 cm³/mol. The highest BCUT2D eigenvalue weighted by atomic mass is 16.5. The normalized spacial score (nSPS) is 20.8. The Morgan fingerprint density at radius 1 is 1.69 bits per heavy atom. The van der Waals surface area contributed by atoms with Gasteiger partial charge in [0.05, 0.1) is 6.20 Å². The lowest BCUT2D eigenvalue weighted by Crippen LogP contribution is -2.46. The highest BCUT2D eigenvalue weighted by molar-refractivity contribution is 5.27. The first-order chi connectivity index (χ1) is 6.36. The third-order valence-corrected chi connectivity index (χ3v) is 2.36. The molecule has 0 saturated carbocycles. The number of ether oxygens (including phenoxy) is 1. The third kappa shape index (κ3) is 1.98. The molecule has 2 heterocycles. The topological polar surface area (TPSA) is 34.1 Å². The van der Waals surface area contributed by atoms with Gasteiger partial charge in [-0.1, -0.05) is 0 Å². The van der Waals surface area contributed by atoms with Gasteiger partial charge in [-0.25, -0.2) is 0 Å². The van der Waals surface area contributed by atoms with Crippen LogP contribution in [0.5, 0.6) is 5.75 Å². The molecule has 70 valence electrons. The molecule has 1 aliphatic rings. The van der Waals surface area contributed by atoms with E-state index in [1.807, 2.05) is 13.0 Å². The Morgan fingerprint density at radius 2 is 2.54 bits per heavy atom. The fraction of sp³-hybridized carbons (Fsp3) is 0.500. The molecule has 1 aromatic heterocycles. The van der Waals surface area contributed by atoms with Crippen LogP contribution in [0.3, 0.4) is 0 Å². The van der Waals surface area contributed by atoms with Crippen LogP contribution in [0.1, 0.15) is 12.0 Å². The summed E-state index contributed by atoms with van der Waals surface area (Å²) >= 11 is 0. The van der Waals surface area contributed by atoms with Crippen LogP contribution in [-0.4, -0.2) is 24.2 Å². The number of pyridine rings is 1. The van der Waals surface area contributed by atoms with Crippen molar-refractivity contribution < 1.29 is 4.74 Å². The van der Waals surface area contributed by atoms with E-state index in [0.717, 1.165) is 24.5 Å². The van der Waals surface area contributed by atoms with E-state index in [1.54, 1.807) is 12.4 Å². The van der Waals surface area contributed by atoms with Gasteiger partial charge in [0.15, 0.2) is 0 Å². The number of aromatic nitrogens is 1. The van der Waals surface area contributed by atoms with Gasteiger partial charge in [0.2, 0.25) is 0 Å². The molecule has 1 atom stereocenters. The van der Waals surface area contributed by atoms with E-state index < -0.39 is 0 Å². The minimum atomic E-state index is 0.541. The summed E-state index contributed by atoms with van der Waals surface area (Å²) in [5, 5.41) is 3.29. The van der Waals surface area contributed by atoms with Gasteiger partial charge >= 0.3 is 0 Å². The number of nitrogens with zero attached hydrogens (tertiary/aromatic N) is 1. The van der Waals surface area contributed by atoms with E-state index in [0.29, 0.717) is 6.04 Å². The van der Waals surface area contributed by atoms with Gasteiger partial charge in [-0.3, -0.25) is 4.98 Å². The summed E-state index contributed by atoms with van der Waals surface area (Å²) in [6, 6.07) is 2.50. The van der Waals surface area contributed by atoms with E-state index in [9.17, 15) is 0 Å². The first-order valence-corrected chi connectivity index (χ1v) is 4.63. The highest BCUT2D eigenvalue weighted by Gasteiger charge is 2.16. The second-order valence-corrected chi connectivity index (χ2v) is 3.39. The SMILES string of the molecule is Cc1ccncc1OCC1CCN1. The largest absolute Gasteiger partial charge is 0.490 e. The number of nitrogens with one attached hydrogen (secondary N) is 1. The Hall–Kier alpha value is -1.09. The van der Waals surface area contributed by atoms with Crippen LogP contribution in [0.2, 0.25) is 0 Å². The molecule has 2 rings (SSSR count). The zero-order valence-corrected chi connectivity index (χ0v) is 7.79. The molecule has 0 aliphatic carbocycles. The first-order valence-electron chi connectivity index (χ1n) is 4.63. The van der Waals surface area contributed by atoms with Gasteiger partial charge in [-0.2, -0.15) is 0 Å². The van der Waals surface area contributed by atoms with E-state index in [2.05, 4.69) is 10.3 Å². The van der Waals surface area contributed by atoms with Crippen molar-refractivity contribution in [2.24, 2.45) is 0 Å². The van der Waals surface area contributed by atoms with Crippen molar-refractivity contribution in [1.82, 2.24) is 10.3 Å². The van der Waals surface area contributed by atoms with Gasteiger partial charge in [0, 0.05) is 12.2 Å². The molecule has 1 aromatic rings. The zero-order valence-electron chi connectivity index (χ0n) is 7.79. The molecule has 1 fully saturated rings. The van der Waals surface area contributed by atoms with Gasteiger partial charge in [0.1, 0.15) is 12.4 Å². The molecule has 13 heavy (non-hydrogen) atoms. The number of rotatable bonds is 3. The van der Waals surface area contributed by atoms with Gasteiger partial charge < -0.3 is 10.1 Å². The molecular formula is C10H14N2O. The van der Waals surface area contributed by atoms with Crippen LogP contribution in [-0.2, 0) is 0 Å². The van der Waals surface area contributed by atoms with Crippen LogP contribution in [0.25, 0.3) is 0 Å². The number of aryl methyl sites for hydroxylation is 1. The second-order valence-electron chi connectivity index (χ2n) is 3.39. The third-order valence-electron chi connectivity index (χ3n) is 2.36. The first kappa shape index (κ1) is 8.51. The summed E-state index contributed by atoms with van der Waals surface area (Å²) in [6.45, 7) is 3.91. The number of hydrogen-bond acceptors (Lipinski definition) is 3. The minimum Gasteiger partial charge on any atom is -0.490 e. The van der Waals surface area contributed by atoms with Crippen LogP contribution >= 0.6 is 0 Å². The number of hydrogen-bond donors (Lipinski definition) is 1. The smallest absolute Gasteiger partial charge is 0.140 e. The molecule has 3 heteroatoms. The molecule has 0 bridgehead atoms. The molecule has 0 aromatic carbocycles. The predicted octanol–water partition coefficient (Wildman–Crippen LogP) is 1.13. The lowest BCUT2D eigenvalue weighted by molar-refractivity contribution is 0.216. The maximum atomic E-state index is 5.62. The average Bonchev–Trinajstić information content (AvgIpc) is 2.05. The Labute approximate surface area is 78.1 Å². The van der Waals surface area contributed by atoms with E-state index >= 15 is 0 Å². The molecule has 0 amide bonds. The summed E-state index contributed by atoms with van der Waals surface area (Å²) in [7, 11) is 0. The molecule has 1 N–H and O–H groups in total. The van der Waals surface area contributed by atoms with Crippen molar-refractivity contribution in [1.29, 1.82) is 0 Å². The summed E-state index contributed by atoms with van der Waals surface area (Å²) in [5.74, 6) is 0.899. The molecule has 0 spiro atoms. The van der Waals surface area contributed by atoms with Crippen LogP contribution in [0.15, 0.2) is 18.5 Å². The molecular weight excluding hydrogens is 164 g/mol. The van der Waals surface area contributed by atoms with Crippen LogP contribution in [0.4, 0.5) is 0 Å². The van der Waals surface area contributed by atoms with E-state index in [-0.39, 0.29) is 0 Å². The fourth-order valence-electron chi connectivity index (χ4n) is 1.28. The zero-order chi connectivity index (χ0) is 9.10. The standard InChI is InChI=1S/C10H14N2O/c1-8-2-4-11-6-10(8)13-7-9-3-5-12-9/h2,4,6,9,12H,3,5,7H2,1H3. The van der Waals surface area contributed by atoms with Gasteiger partial charge in [0.25, 0.3) is 0 Å². The van der Waals surface area contributed by atoms with Crippen LogP contribution in [0, 0.1) is 6.92 Å². The Morgan fingerprint density at radius 3 is 3.15 bits per heavy atom. The van der Waals surface area contributed by atoms with Gasteiger partial charge in [-0.05, 0) is 31.5 Å². The monoisotopic (exact) mass is 178 g/mol. The molecule has 3 nitrogen and oxygen atoms in total. The molecule has 0 radical (unpaired) electrons. The summed E-state index contributed by atoms with van der Waals surface area (Å²) in [6.07, 6.45) is 4.77. The lowest BCUT2D eigenvalue weighted by atomic mass is 10.1. The average molecular weight is 178 g/mol. The highest BCUT2D eigenvalue weighted by Crippen LogP contribution is 2.15. The van der Waals surface area contributed by atoms with Crippen molar-refractivity contribution in [2.45, 2.75) is 19.4 Å². The van der Waals surface area contributed by atoms with Crippen molar-refractivity contribution in [3.8, 4) is 5.75 Å². The maximum absolute atomic E-state index is 5.62. The summed E-state index contributed by atoms with van der Waals surface area (Å²) in [4.78, 5) is 4.02. The molecule has 1 saturated heterocycles. The molecule has 1 unspecified atom stereocenters. The summed E-state index contributed by atoms with van der Waals surface area (Å²) in [5.41, 5.74) is 1.15. The fourth-order valence-corrected chi connectivity index (χ4v) is 1.28. The van der Waals surface area contributed by atoms with Gasteiger partial charge in [-0.15, -0.1) is 0 Å². The lowest BCUT2D eigenvalue weighted by Gasteiger charge is -2.27. The maximum Gasteiger partial charge on any atom is 0.140 e. The quantitative estimate of drug-likeness (QED) is 0.753. The second kappa shape index (κ2) is 3.75. The van der Waals surface area contributed by atoms with Crippen molar-refractivity contribution in [3.05, 3.63) is 24.0 Å². The summed E-state index contributed by atoms with van der Waals surface area (Å²) < 4.78 is 5.62. The van der Waals surface area contributed by atoms with E-state index in [4.69, 9.17) is 4.74 Å². The Kier molecular flexibility index (Phi) is 2.45. The van der Waals surface area contributed by atoms with Crippen molar-refractivity contribution in [3.63, 3.8) is 0 Å².